The Balaban J connectivity index is 2.56. The Labute approximate surface area is 75.3 Å². The van der Waals surface area contributed by atoms with Crippen LogP contribution in [0.3, 0.4) is 0 Å². The highest BCUT2D eigenvalue weighted by atomic mass is 19.3. The third-order valence-electron chi connectivity index (χ3n) is 1.51. The maximum atomic E-state index is 11.8. The molecule has 0 spiro atoms. The molecule has 0 radical (unpaired) electrons. The number of benzene rings is 1. The summed E-state index contributed by atoms with van der Waals surface area (Å²) in [6.07, 6.45) is -2.44. The van der Waals surface area contributed by atoms with E-state index < -0.39 is 13.0 Å². The Morgan fingerprint density at radius 3 is 2.77 bits per heavy atom. The first kappa shape index (κ1) is 9.92. The molecule has 13 heavy (non-hydrogen) atoms. The quantitative estimate of drug-likeness (QED) is 0.779. The summed E-state index contributed by atoms with van der Waals surface area (Å²) in [7, 11) is 0. The van der Waals surface area contributed by atoms with E-state index in [1.54, 1.807) is 18.2 Å². The molecule has 0 aromatic heterocycles. The molecule has 0 heterocycles. The predicted molar refractivity (Wildman–Crippen MR) is 45.8 cm³/mol. The van der Waals surface area contributed by atoms with Crippen molar-refractivity contribution in [2.45, 2.75) is 13.0 Å². The van der Waals surface area contributed by atoms with Crippen LogP contribution in [0.25, 0.3) is 0 Å². The Morgan fingerprint density at radius 1 is 1.38 bits per heavy atom. The van der Waals surface area contributed by atoms with Gasteiger partial charge in [0, 0.05) is 6.54 Å². The minimum absolute atomic E-state index is 0.381. The van der Waals surface area contributed by atoms with Crippen molar-refractivity contribution in [1.29, 1.82) is 0 Å². The summed E-state index contributed by atoms with van der Waals surface area (Å²) in [5.74, 6) is 0.434. The van der Waals surface area contributed by atoms with Crippen LogP contribution in [-0.2, 0) is 6.54 Å². The highest BCUT2D eigenvalue weighted by Crippen LogP contribution is 2.13. The van der Waals surface area contributed by atoms with Crippen molar-refractivity contribution in [3.8, 4) is 5.75 Å². The summed E-state index contributed by atoms with van der Waals surface area (Å²) < 4.78 is 28.3. The predicted octanol–water partition coefficient (Wildman–Crippen LogP) is 1.79. The van der Waals surface area contributed by atoms with Crippen LogP contribution in [0.1, 0.15) is 5.56 Å². The van der Waals surface area contributed by atoms with E-state index in [-0.39, 0.29) is 0 Å². The van der Waals surface area contributed by atoms with Gasteiger partial charge in [-0.3, -0.25) is 0 Å². The Bertz CT molecular complexity index is 266. The van der Waals surface area contributed by atoms with E-state index >= 15 is 0 Å². The van der Waals surface area contributed by atoms with Crippen LogP contribution in [0.5, 0.6) is 5.75 Å². The van der Waals surface area contributed by atoms with Gasteiger partial charge in [-0.05, 0) is 17.7 Å². The lowest BCUT2D eigenvalue weighted by Gasteiger charge is -2.05. The molecule has 0 saturated carbocycles. The summed E-state index contributed by atoms with van der Waals surface area (Å²) in [5, 5.41) is 0. The van der Waals surface area contributed by atoms with E-state index in [0.29, 0.717) is 12.3 Å². The molecule has 0 unspecified atom stereocenters. The zero-order chi connectivity index (χ0) is 9.68. The normalized spacial score (nSPS) is 10.5. The van der Waals surface area contributed by atoms with Gasteiger partial charge in [-0.15, -0.1) is 0 Å². The van der Waals surface area contributed by atoms with Crippen molar-refractivity contribution in [3.05, 3.63) is 29.8 Å². The van der Waals surface area contributed by atoms with Gasteiger partial charge >= 0.3 is 0 Å². The topological polar surface area (TPSA) is 35.2 Å². The van der Waals surface area contributed by atoms with Crippen LogP contribution in [-0.4, -0.2) is 13.0 Å². The molecule has 0 amide bonds. The molecule has 1 rings (SSSR count). The van der Waals surface area contributed by atoms with E-state index in [1.807, 2.05) is 6.07 Å². The van der Waals surface area contributed by atoms with Crippen LogP contribution in [0.15, 0.2) is 24.3 Å². The maximum absolute atomic E-state index is 11.8. The second kappa shape index (κ2) is 4.77. The van der Waals surface area contributed by atoms with E-state index in [9.17, 15) is 8.78 Å². The molecule has 1 aromatic carbocycles. The van der Waals surface area contributed by atoms with Crippen LogP contribution in [0, 0.1) is 0 Å². The fourth-order valence-corrected chi connectivity index (χ4v) is 0.921. The molecule has 0 atom stereocenters. The SMILES string of the molecule is NCc1cccc(OCC(F)F)c1. The molecule has 0 bridgehead atoms. The molecular formula is C9H11F2NO. The standard InChI is InChI=1S/C9H11F2NO/c10-9(11)6-13-8-3-1-2-7(4-8)5-12/h1-4,9H,5-6,12H2. The van der Waals surface area contributed by atoms with Crippen LogP contribution in [0.2, 0.25) is 0 Å². The third-order valence-corrected chi connectivity index (χ3v) is 1.51. The first-order valence-electron chi connectivity index (χ1n) is 3.92. The van der Waals surface area contributed by atoms with Gasteiger partial charge in [0.05, 0.1) is 0 Å². The molecule has 2 N–H and O–H groups in total. The number of nitrogens with two attached hydrogens (primary N) is 1. The first-order valence-corrected chi connectivity index (χ1v) is 3.92. The number of hydrogen-bond donors (Lipinski definition) is 1. The molecule has 0 saturated heterocycles. The zero-order valence-corrected chi connectivity index (χ0v) is 7.04. The van der Waals surface area contributed by atoms with E-state index in [1.165, 1.54) is 0 Å². The number of ether oxygens (including phenoxy) is 1. The van der Waals surface area contributed by atoms with Gasteiger partial charge in [0.25, 0.3) is 6.43 Å². The van der Waals surface area contributed by atoms with Crippen LogP contribution >= 0.6 is 0 Å². The van der Waals surface area contributed by atoms with Gasteiger partial charge < -0.3 is 10.5 Å². The minimum atomic E-state index is -2.44. The monoisotopic (exact) mass is 187 g/mol. The Kier molecular flexibility index (Phi) is 3.64. The molecular weight excluding hydrogens is 176 g/mol. The van der Waals surface area contributed by atoms with Crippen molar-refractivity contribution in [3.63, 3.8) is 0 Å². The van der Waals surface area contributed by atoms with Crippen molar-refractivity contribution in [2.24, 2.45) is 5.73 Å². The fourth-order valence-electron chi connectivity index (χ4n) is 0.921. The van der Waals surface area contributed by atoms with E-state index in [2.05, 4.69) is 0 Å². The van der Waals surface area contributed by atoms with Gasteiger partial charge in [0.2, 0.25) is 0 Å². The van der Waals surface area contributed by atoms with Crippen molar-refractivity contribution >= 4 is 0 Å². The highest BCUT2D eigenvalue weighted by molar-refractivity contribution is 5.28. The first-order chi connectivity index (χ1) is 6.22. The summed E-state index contributed by atoms with van der Waals surface area (Å²) in [4.78, 5) is 0. The molecule has 1 aromatic rings. The average Bonchev–Trinajstić information content (AvgIpc) is 2.15. The Morgan fingerprint density at radius 2 is 2.15 bits per heavy atom. The average molecular weight is 187 g/mol. The van der Waals surface area contributed by atoms with Gasteiger partial charge in [-0.2, -0.15) is 0 Å². The minimum Gasteiger partial charge on any atom is -0.488 e. The number of hydrogen-bond acceptors (Lipinski definition) is 2. The molecule has 4 heteroatoms. The number of halogens is 2. The van der Waals surface area contributed by atoms with Gasteiger partial charge in [-0.1, -0.05) is 12.1 Å². The summed E-state index contributed by atoms with van der Waals surface area (Å²) >= 11 is 0. The summed E-state index contributed by atoms with van der Waals surface area (Å²) in [6.45, 7) is -0.195. The summed E-state index contributed by atoms with van der Waals surface area (Å²) in [5.41, 5.74) is 6.24. The third kappa shape index (κ3) is 3.38. The van der Waals surface area contributed by atoms with Crippen molar-refractivity contribution in [2.75, 3.05) is 6.61 Å². The van der Waals surface area contributed by atoms with Crippen molar-refractivity contribution < 1.29 is 13.5 Å². The lowest BCUT2D eigenvalue weighted by atomic mass is 10.2. The van der Waals surface area contributed by atoms with Crippen LogP contribution < -0.4 is 10.5 Å². The van der Waals surface area contributed by atoms with Gasteiger partial charge in [0.15, 0.2) is 0 Å². The molecule has 0 fully saturated rings. The molecule has 0 aliphatic heterocycles. The largest absolute Gasteiger partial charge is 0.488 e. The van der Waals surface area contributed by atoms with Crippen LogP contribution in [0.4, 0.5) is 8.78 Å². The zero-order valence-electron chi connectivity index (χ0n) is 7.04. The Hall–Kier alpha value is -1.16. The highest BCUT2D eigenvalue weighted by Gasteiger charge is 2.03. The van der Waals surface area contributed by atoms with Crippen molar-refractivity contribution in [1.82, 2.24) is 0 Å². The maximum Gasteiger partial charge on any atom is 0.272 e. The lowest BCUT2D eigenvalue weighted by Crippen LogP contribution is -2.07. The van der Waals surface area contributed by atoms with E-state index in [4.69, 9.17) is 10.5 Å². The molecule has 0 aliphatic rings. The second-order valence-electron chi connectivity index (χ2n) is 2.55. The summed E-state index contributed by atoms with van der Waals surface area (Å²) in [6, 6.07) is 6.82. The van der Waals surface area contributed by atoms with E-state index in [0.717, 1.165) is 5.56 Å². The lowest BCUT2D eigenvalue weighted by molar-refractivity contribution is 0.0818. The van der Waals surface area contributed by atoms with Gasteiger partial charge in [-0.25, -0.2) is 8.78 Å². The molecule has 72 valence electrons. The fraction of sp³-hybridized carbons (Fsp3) is 0.333. The molecule has 0 aliphatic carbocycles. The smallest absolute Gasteiger partial charge is 0.272 e. The molecule has 2 nitrogen and oxygen atoms in total. The second-order valence-corrected chi connectivity index (χ2v) is 2.55. The van der Waals surface area contributed by atoms with Gasteiger partial charge in [0.1, 0.15) is 12.4 Å². The number of rotatable bonds is 4. The number of alkyl halides is 2.